The summed E-state index contributed by atoms with van der Waals surface area (Å²) in [5, 5.41) is 0.635. The summed E-state index contributed by atoms with van der Waals surface area (Å²) in [6, 6.07) is 11.8. The van der Waals surface area contributed by atoms with Gasteiger partial charge >= 0.3 is 0 Å². The Balaban J connectivity index is 2.06. The van der Waals surface area contributed by atoms with Crippen molar-refractivity contribution in [1.82, 2.24) is 9.55 Å². The number of hydrogen-bond acceptors (Lipinski definition) is 2. The van der Waals surface area contributed by atoms with E-state index < -0.39 is 0 Å². The molecule has 0 spiro atoms. The first-order chi connectivity index (χ1) is 10.2. The van der Waals surface area contributed by atoms with E-state index in [1.165, 1.54) is 12.1 Å². The highest BCUT2D eigenvalue weighted by Crippen LogP contribution is 2.39. The molecule has 1 aromatic carbocycles. The number of halogens is 1. The van der Waals surface area contributed by atoms with Gasteiger partial charge in [-0.05, 0) is 54.8 Å². The third kappa shape index (κ3) is 2.03. The molecule has 0 amide bonds. The fraction of sp³-hybridized carbons (Fsp3) is 0.176. The van der Waals surface area contributed by atoms with Gasteiger partial charge in [-0.1, -0.05) is 0 Å². The number of nitrogens with zero attached hydrogens (tertiary/aromatic N) is 2. The second kappa shape index (κ2) is 4.52. The molecule has 0 unspecified atom stereocenters. The van der Waals surface area contributed by atoms with Crippen LogP contribution >= 0.6 is 0 Å². The average molecular weight is 280 g/mol. The van der Waals surface area contributed by atoms with Gasteiger partial charge in [0, 0.05) is 18.3 Å². The van der Waals surface area contributed by atoms with Gasteiger partial charge in [-0.2, -0.15) is 0 Å². The summed E-state index contributed by atoms with van der Waals surface area (Å²) in [5.41, 5.74) is 2.32. The molecule has 4 rings (SSSR count). The molecule has 1 fully saturated rings. The highest BCUT2D eigenvalue weighted by atomic mass is 19.1. The maximum atomic E-state index is 13.1. The van der Waals surface area contributed by atoms with Gasteiger partial charge in [0.2, 0.25) is 0 Å². The summed E-state index contributed by atoms with van der Waals surface area (Å²) >= 11 is 0. The van der Waals surface area contributed by atoms with E-state index in [9.17, 15) is 9.18 Å². The largest absolute Gasteiger partial charge is 0.322 e. The van der Waals surface area contributed by atoms with E-state index in [2.05, 4.69) is 9.55 Å². The SMILES string of the molecule is O=c1cc(-c2ccc(F)cc2)n(C2CC2)c2ncccc12. The lowest BCUT2D eigenvalue weighted by Gasteiger charge is -2.15. The smallest absolute Gasteiger partial charge is 0.191 e. The quantitative estimate of drug-likeness (QED) is 0.719. The Morgan fingerprint density at radius 2 is 1.90 bits per heavy atom. The molecule has 104 valence electrons. The molecular formula is C17H13FN2O. The lowest BCUT2D eigenvalue weighted by atomic mass is 10.1. The zero-order chi connectivity index (χ0) is 14.4. The number of hydrogen-bond donors (Lipinski definition) is 0. The summed E-state index contributed by atoms with van der Waals surface area (Å²) in [6.45, 7) is 0. The first kappa shape index (κ1) is 12.3. The Morgan fingerprint density at radius 1 is 1.14 bits per heavy atom. The Morgan fingerprint density at radius 3 is 2.62 bits per heavy atom. The van der Waals surface area contributed by atoms with Crippen LogP contribution in [-0.2, 0) is 0 Å². The van der Waals surface area contributed by atoms with Crippen LogP contribution in [-0.4, -0.2) is 9.55 Å². The van der Waals surface area contributed by atoms with Crippen LogP contribution in [0.1, 0.15) is 18.9 Å². The van der Waals surface area contributed by atoms with E-state index in [4.69, 9.17) is 0 Å². The monoisotopic (exact) mass is 280 g/mol. The zero-order valence-electron chi connectivity index (χ0n) is 11.3. The van der Waals surface area contributed by atoms with Crippen molar-refractivity contribution in [1.29, 1.82) is 0 Å². The molecular weight excluding hydrogens is 267 g/mol. The normalized spacial score (nSPS) is 14.5. The highest BCUT2D eigenvalue weighted by molar-refractivity contribution is 5.79. The van der Waals surface area contributed by atoms with Crippen LogP contribution in [0.2, 0.25) is 0 Å². The minimum atomic E-state index is -0.280. The van der Waals surface area contributed by atoms with Crippen molar-refractivity contribution in [3.05, 3.63) is 64.7 Å². The molecule has 1 aliphatic rings. The molecule has 21 heavy (non-hydrogen) atoms. The van der Waals surface area contributed by atoms with Crippen LogP contribution in [0.3, 0.4) is 0 Å². The van der Waals surface area contributed by atoms with Crippen molar-refractivity contribution in [3.8, 4) is 11.3 Å². The van der Waals surface area contributed by atoms with Crippen molar-refractivity contribution in [2.45, 2.75) is 18.9 Å². The van der Waals surface area contributed by atoms with Gasteiger partial charge in [0.25, 0.3) is 0 Å². The highest BCUT2D eigenvalue weighted by Gasteiger charge is 2.27. The predicted molar refractivity (Wildman–Crippen MR) is 79.7 cm³/mol. The predicted octanol–water partition coefficient (Wildman–Crippen LogP) is 3.54. The van der Waals surface area contributed by atoms with Crippen molar-refractivity contribution in [2.75, 3.05) is 0 Å². The van der Waals surface area contributed by atoms with Gasteiger partial charge < -0.3 is 4.57 Å². The van der Waals surface area contributed by atoms with Gasteiger partial charge in [-0.15, -0.1) is 0 Å². The van der Waals surface area contributed by atoms with Crippen LogP contribution in [0.15, 0.2) is 53.5 Å². The number of pyridine rings is 2. The van der Waals surface area contributed by atoms with Gasteiger partial charge in [0.1, 0.15) is 11.5 Å². The van der Waals surface area contributed by atoms with Crippen molar-refractivity contribution < 1.29 is 4.39 Å². The molecule has 1 saturated carbocycles. The first-order valence-corrected chi connectivity index (χ1v) is 7.00. The van der Waals surface area contributed by atoms with E-state index >= 15 is 0 Å². The Kier molecular flexibility index (Phi) is 2.64. The Bertz CT molecular complexity index is 879. The van der Waals surface area contributed by atoms with E-state index in [1.54, 1.807) is 36.5 Å². The first-order valence-electron chi connectivity index (χ1n) is 7.00. The molecule has 0 aliphatic heterocycles. The third-order valence-corrected chi connectivity index (χ3v) is 3.86. The van der Waals surface area contributed by atoms with Crippen molar-refractivity contribution >= 4 is 11.0 Å². The molecule has 4 heteroatoms. The molecule has 3 nitrogen and oxygen atoms in total. The molecule has 2 heterocycles. The lowest BCUT2D eigenvalue weighted by molar-refractivity contribution is 0.628. The topological polar surface area (TPSA) is 34.9 Å². The summed E-state index contributed by atoms with van der Waals surface area (Å²) < 4.78 is 15.2. The van der Waals surface area contributed by atoms with E-state index in [0.29, 0.717) is 17.1 Å². The Hall–Kier alpha value is -2.49. The van der Waals surface area contributed by atoms with E-state index in [1.807, 2.05) is 0 Å². The summed E-state index contributed by atoms with van der Waals surface area (Å²) in [4.78, 5) is 16.7. The summed E-state index contributed by atoms with van der Waals surface area (Å²) in [6.07, 6.45) is 3.88. The maximum absolute atomic E-state index is 13.1. The average Bonchev–Trinajstić information content (AvgIpc) is 3.33. The van der Waals surface area contributed by atoms with Gasteiger partial charge in [-0.25, -0.2) is 9.37 Å². The fourth-order valence-corrected chi connectivity index (χ4v) is 2.71. The molecule has 0 bridgehead atoms. The minimum Gasteiger partial charge on any atom is -0.322 e. The lowest BCUT2D eigenvalue weighted by Crippen LogP contribution is -2.12. The van der Waals surface area contributed by atoms with Crippen molar-refractivity contribution in [2.24, 2.45) is 0 Å². The van der Waals surface area contributed by atoms with Crippen LogP contribution < -0.4 is 5.43 Å². The van der Waals surface area contributed by atoms with Crippen LogP contribution in [0.4, 0.5) is 4.39 Å². The van der Waals surface area contributed by atoms with Gasteiger partial charge in [-0.3, -0.25) is 4.79 Å². The zero-order valence-corrected chi connectivity index (χ0v) is 11.3. The molecule has 2 aromatic heterocycles. The summed E-state index contributed by atoms with van der Waals surface area (Å²) in [5.74, 6) is -0.280. The molecule has 0 radical (unpaired) electrons. The fourth-order valence-electron chi connectivity index (χ4n) is 2.71. The van der Waals surface area contributed by atoms with Crippen LogP contribution in [0.5, 0.6) is 0 Å². The van der Waals surface area contributed by atoms with Gasteiger partial charge in [0.05, 0.1) is 11.1 Å². The number of aromatic nitrogens is 2. The number of benzene rings is 1. The summed E-state index contributed by atoms with van der Waals surface area (Å²) in [7, 11) is 0. The second-order valence-electron chi connectivity index (χ2n) is 5.38. The van der Waals surface area contributed by atoms with E-state index in [0.717, 1.165) is 24.1 Å². The molecule has 3 aromatic rings. The van der Waals surface area contributed by atoms with E-state index in [-0.39, 0.29) is 11.2 Å². The van der Waals surface area contributed by atoms with Crippen LogP contribution in [0, 0.1) is 5.82 Å². The van der Waals surface area contributed by atoms with Gasteiger partial charge in [0.15, 0.2) is 5.43 Å². The number of rotatable bonds is 2. The molecule has 0 atom stereocenters. The minimum absolute atomic E-state index is 0.0469. The standard InChI is InChI=1S/C17H13FN2O/c18-12-5-3-11(4-6-12)15-10-16(21)14-2-1-9-19-17(14)20(15)13-7-8-13/h1-6,9-10,13H,7-8H2. The maximum Gasteiger partial charge on any atom is 0.191 e. The van der Waals surface area contributed by atoms with Crippen molar-refractivity contribution in [3.63, 3.8) is 0 Å². The number of fused-ring (bicyclic) bond motifs is 1. The second-order valence-corrected chi connectivity index (χ2v) is 5.38. The molecule has 1 aliphatic carbocycles. The van der Waals surface area contributed by atoms with Crippen LogP contribution in [0.25, 0.3) is 22.3 Å². The molecule has 0 saturated heterocycles. The molecule has 0 N–H and O–H groups in total. The third-order valence-electron chi connectivity index (χ3n) is 3.86. The Labute approximate surface area is 120 Å².